The molecule has 21 heavy (non-hydrogen) atoms. The van der Waals surface area contributed by atoms with Crippen molar-refractivity contribution in [3.05, 3.63) is 17.3 Å². The lowest BCUT2D eigenvalue weighted by Gasteiger charge is -2.24. The molecule has 1 aromatic rings. The van der Waals surface area contributed by atoms with E-state index in [-0.39, 0.29) is 10.9 Å². The van der Waals surface area contributed by atoms with E-state index in [1.54, 1.807) is 7.05 Å². The van der Waals surface area contributed by atoms with Crippen molar-refractivity contribution in [2.45, 2.75) is 51.0 Å². The Morgan fingerprint density at radius 2 is 2.05 bits per heavy atom. The van der Waals surface area contributed by atoms with Crippen molar-refractivity contribution in [3.8, 4) is 0 Å². The first kappa shape index (κ1) is 18.2. The monoisotopic (exact) mass is 333 g/mol. The minimum absolute atomic E-state index is 0.0586. The van der Waals surface area contributed by atoms with Crippen LogP contribution in [0.3, 0.4) is 0 Å². The summed E-state index contributed by atoms with van der Waals surface area (Å²) in [5, 5.41) is 3.38. The van der Waals surface area contributed by atoms with E-state index in [2.05, 4.69) is 10.3 Å². The van der Waals surface area contributed by atoms with Gasteiger partial charge in [-0.3, -0.25) is 0 Å². The van der Waals surface area contributed by atoms with Gasteiger partial charge in [-0.25, -0.2) is 13.4 Å². The zero-order valence-electron chi connectivity index (χ0n) is 13.1. The summed E-state index contributed by atoms with van der Waals surface area (Å²) in [4.78, 5) is 4.25. The van der Waals surface area contributed by atoms with Gasteiger partial charge in [0.25, 0.3) is 0 Å². The molecule has 0 aliphatic heterocycles. The maximum absolute atomic E-state index is 12.5. The van der Waals surface area contributed by atoms with Crippen LogP contribution >= 0.6 is 11.6 Å². The van der Waals surface area contributed by atoms with Crippen LogP contribution in [0.4, 0.5) is 5.82 Å². The molecule has 120 valence electrons. The second-order valence-corrected chi connectivity index (χ2v) is 7.49. The summed E-state index contributed by atoms with van der Waals surface area (Å²) in [6, 6.07) is 1.40. The molecule has 0 spiro atoms. The lowest BCUT2D eigenvalue weighted by atomic mass is 10.2. The molecule has 0 aliphatic rings. The molecule has 5 nitrogen and oxygen atoms in total. The normalized spacial score (nSPS) is 13.4. The van der Waals surface area contributed by atoms with Crippen molar-refractivity contribution in [2.75, 3.05) is 18.9 Å². The summed E-state index contributed by atoms with van der Waals surface area (Å²) in [6.45, 7) is 6.70. The molecule has 0 fully saturated rings. The predicted molar refractivity (Wildman–Crippen MR) is 87.3 cm³/mol. The van der Waals surface area contributed by atoms with Gasteiger partial charge in [0.15, 0.2) is 0 Å². The summed E-state index contributed by atoms with van der Waals surface area (Å²) in [7, 11) is -1.97. The van der Waals surface area contributed by atoms with Gasteiger partial charge in [0.2, 0.25) is 10.0 Å². The third-order valence-electron chi connectivity index (χ3n) is 3.36. The Labute approximate surface area is 132 Å². The molecule has 0 radical (unpaired) electrons. The van der Waals surface area contributed by atoms with E-state index < -0.39 is 10.0 Å². The van der Waals surface area contributed by atoms with Crippen molar-refractivity contribution in [2.24, 2.45) is 0 Å². The predicted octanol–water partition coefficient (Wildman–Crippen LogP) is 3.37. The lowest BCUT2D eigenvalue weighted by Crippen LogP contribution is -2.35. The van der Waals surface area contributed by atoms with E-state index in [0.29, 0.717) is 10.8 Å². The first-order valence-corrected chi connectivity index (χ1v) is 9.03. The number of pyridine rings is 1. The molecule has 1 rings (SSSR count). The Morgan fingerprint density at radius 3 is 2.57 bits per heavy atom. The van der Waals surface area contributed by atoms with E-state index in [1.165, 1.54) is 16.6 Å². The number of hydrogen-bond acceptors (Lipinski definition) is 4. The van der Waals surface area contributed by atoms with E-state index in [0.717, 1.165) is 25.8 Å². The lowest BCUT2D eigenvalue weighted by molar-refractivity contribution is 0.368. The van der Waals surface area contributed by atoms with E-state index in [9.17, 15) is 8.42 Å². The number of aromatic nitrogens is 1. The maximum Gasteiger partial charge on any atom is 0.244 e. The minimum atomic E-state index is -3.56. The maximum atomic E-state index is 12.5. The van der Waals surface area contributed by atoms with Gasteiger partial charge in [-0.15, -0.1) is 0 Å². The Morgan fingerprint density at radius 1 is 1.38 bits per heavy atom. The molecule has 1 N–H and O–H groups in total. The summed E-state index contributed by atoms with van der Waals surface area (Å²) < 4.78 is 26.4. The zero-order valence-corrected chi connectivity index (χ0v) is 14.6. The van der Waals surface area contributed by atoms with Crippen LogP contribution in [0, 0.1) is 0 Å². The van der Waals surface area contributed by atoms with Crippen LogP contribution in [-0.2, 0) is 10.0 Å². The molecule has 1 aromatic heterocycles. The van der Waals surface area contributed by atoms with Gasteiger partial charge in [-0.05, 0) is 25.8 Å². The number of rotatable bonds is 8. The van der Waals surface area contributed by atoms with E-state index >= 15 is 0 Å². The van der Waals surface area contributed by atoms with Gasteiger partial charge in [0.05, 0.1) is 5.02 Å². The number of sulfonamides is 1. The fourth-order valence-corrected chi connectivity index (χ4v) is 3.60. The Bertz CT molecular complexity index is 563. The Hall–Kier alpha value is -0.850. The van der Waals surface area contributed by atoms with Crippen LogP contribution in [0.25, 0.3) is 0 Å². The molecule has 0 bridgehead atoms. The average molecular weight is 334 g/mol. The van der Waals surface area contributed by atoms with Gasteiger partial charge < -0.3 is 5.32 Å². The van der Waals surface area contributed by atoms with E-state index in [1.807, 2.05) is 20.8 Å². The molecule has 1 unspecified atom stereocenters. The third-order valence-corrected chi connectivity index (χ3v) is 5.59. The first-order valence-electron chi connectivity index (χ1n) is 7.22. The largest absolute Gasteiger partial charge is 0.369 e. The van der Waals surface area contributed by atoms with Crippen LogP contribution < -0.4 is 5.32 Å². The van der Waals surface area contributed by atoms with Gasteiger partial charge in [-0.2, -0.15) is 4.31 Å². The number of nitrogens with zero attached hydrogens (tertiary/aromatic N) is 2. The molecule has 0 aliphatic carbocycles. The highest BCUT2D eigenvalue weighted by Crippen LogP contribution is 2.25. The first-order chi connectivity index (χ1) is 9.84. The number of halogens is 1. The van der Waals surface area contributed by atoms with E-state index in [4.69, 9.17) is 11.6 Å². The molecule has 0 amide bonds. The molecular formula is C14H24ClN3O2S. The van der Waals surface area contributed by atoms with Gasteiger partial charge in [0.1, 0.15) is 10.7 Å². The number of nitrogens with one attached hydrogen (secondary N) is 1. The second-order valence-electron chi connectivity index (χ2n) is 5.09. The molecule has 7 heteroatoms. The van der Waals surface area contributed by atoms with Gasteiger partial charge in [-0.1, -0.05) is 31.9 Å². The smallest absolute Gasteiger partial charge is 0.244 e. The molecule has 0 saturated heterocycles. The topological polar surface area (TPSA) is 62.3 Å². The molecular weight excluding hydrogens is 310 g/mol. The van der Waals surface area contributed by atoms with Crippen LogP contribution in [-0.4, -0.2) is 37.3 Å². The van der Waals surface area contributed by atoms with Crippen LogP contribution in [0.15, 0.2) is 17.2 Å². The van der Waals surface area contributed by atoms with Crippen molar-refractivity contribution >= 4 is 27.4 Å². The number of hydrogen-bond donors (Lipinski definition) is 1. The standard InChI is InChI=1S/C14H24ClN3O2S/c1-5-7-11(3)18(4)21(19,20)12-9-13(15)14(17-10-12)16-8-6-2/h9-11H,5-8H2,1-4H3,(H,16,17). The Balaban J connectivity index is 3.01. The Kier molecular flexibility index (Phi) is 6.90. The van der Waals surface area contributed by atoms with Crippen molar-refractivity contribution < 1.29 is 8.42 Å². The van der Waals surface area contributed by atoms with Crippen molar-refractivity contribution in [3.63, 3.8) is 0 Å². The summed E-state index contributed by atoms with van der Waals surface area (Å²) >= 11 is 6.11. The van der Waals surface area contributed by atoms with Crippen LogP contribution in [0.1, 0.15) is 40.0 Å². The molecule has 0 aromatic carbocycles. The highest BCUT2D eigenvalue weighted by atomic mass is 35.5. The fraction of sp³-hybridized carbons (Fsp3) is 0.643. The third kappa shape index (κ3) is 4.56. The quantitative estimate of drug-likeness (QED) is 0.792. The zero-order chi connectivity index (χ0) is 16.0. The molecule has 1 heterocycles. The summed E-state index contributed by atoms with van der Waals surface area (Å²) in [5.74, 6) is 0.515. The van der Waals surface area contributed by atoms with Gasteiger partial charge in [0, 0.05) is 25.8 Å². The highest BCUT2D eigenvalue weighted by Gasteiger charge is 2.26. The highest BCUT2D eigenvalue weighted by molar-refractivity contribution is 7.89. The second kappa shape index (κ2) is 7.96. The number of anilines is 1. The van der Waals surface area contributed by atoms with Crippen molar-refractivity contribution in [1.82, 2.24) is 9.29 Å². The van der Waals surface area contributed by atoms with Crippen LogP contribution in [0.5, 0.6) is 0 Å². The minimum Gasteiger partial charge on any atom is -0.369 e. The summed E-state index contributed by atoms with van der Waals surface area (Å²) in [6.07, 6.45) is 4.04. The van der Waals surface area contributed by atoms with Gasteiger partial charge >= 0.3 is 0 Å². The average Bonchev–Trinajstić information content (AvgIpc) is 2.45. The SMILES string of the molecule is CCCNc1ncc(S(=O)(=O)N(C)C(C)CCC)cc1Cl. The van der Waals surface area contributed by atoms with Crippen LogP contribution in [0.2, 0.25) is 5.02 Å². The fourth-order valence-electron chi connectivity index (χ4n) is 1.94. The molecule has 1 atom stereocenters. The van der Waals surface area contributed by atoms with Crippen molar-refractivity contribution in [1.29, 1.82) is 0 Å². The molecule has 0 saturated carbocycles. The summed E-state index contributed by atoms with van der Waals surface area (Å²) in [5.41, 5.74) is 0.